The number of carbonyl (C=O) groups excluding carboxylic acids is 1. The predicted molar refractivity (Wildman–Crippen MR) is 68.9 cm³/mol. The fourth-order valence-corrected chi connectivity index (χ4v) is 1.73. The quantitative estimate of drug-likeness (QED) is 0.787. The molecule has 0 aromatic heterocycles. The van der Waals surface area contributed by atoms with Gasteiger partial charge in [0.25, 0.3) is 0 Å². The average Bonchev–Trinajstić information content (AvgIpc) is 2.74. The van der Waals surface area contributed by atoms with E-state index in [4.69, 9.17) is 14.6 Å². The fraction of sp³-hybridized carbons (Fsp3) is 0.692. The molecule has 0 saturated carbocycles. The van der Waals surface area contributed by atoms with Gasteiger partial charge in [0.05, 0.1) is 12.6 Å². The van der Waals surface area contributed by atoms with E-state index in [-0.39, 0.29) is 12.6 Å². The van der Waals surface area contributed by atoms with Crippen LogP contribution in [0.2, 0.25) is 0 Å². The molecule has 19 heavy (non-hydrogen) atoms. The van der Waals surface area contributed by atoms with Crippen LogP contribution in [0.5, 0.6) is 0 Å². The van der Waals surface area contributed by atoms with Crippen molar-refractivity contribution in [2.75, 3.05) is 19.8 Å². The smallest absolute Gasteiger partial charge is 0.410 e. The van der Waals surface area contributed by atoms with Crippen molar-refractivity contribution in [2.45, 2.75) is 38.8 Å². The molecule has 0 spiro atoms. The van der Waals surface area contributed by atoms with E-state index < -0.39 is 17.7 Å². The molecule has 1 heterocycles. The van der Waals surface area contributed by atoms with E-state index in [1.807, 2.05) is 0 Å². The zero-order valence-corrected chi connectivity index (χ0v) is 11.6. The van der Waals surface area contributed by atoms with Crippen molar-refractivity contribution in [3.05, 3.63) is 12.2 Å². The number of rotatable bonds is 4. The summed E-state index contributed by atoms with van der Waals surface area (Å²) in [5.41, 5.74) is -0.578. The lowest BCUT2D eigenvalue weighted by Crippen LogP contribution is -2.43. The van der Waals surface area contributed by atoms with Crippen LogP contribution in [-0.4, -0.2) is 53.5 Å². The van der Waals surface area contributed by atoms with Crippen LogP contribution in [-0.2, 0) is 14.3 Å². The highest BCUT2D eigenvalue weighted by Crippen LogP contribution is 2.17. The molecular weight excluding hydrogens is 250 g/mol. The van der Waals surface area contributed by atoms with Gasteiger partial charge in [0.1, 0.15) is 5.60 Å². The molecule has 0 aromatic rings. The van der Waals surface area contributed by atoms with Crippen molar-refractivity contribution in [1.29, 1.82) is 0 Å². The van der Waals surface area contributed by atoms with Gasteiger partial charge in [-0.15, -0.1) is 0 Å². The van der Waals surface area contributed by atoms with E-state index in [9.17, 15) is 9.59 Å². The first-order valence-electron chi connectivity index (χ1n) is 6.26. The highest BCUT2D eigenvalue weighted by molar-refractivity contribution is 5.79. The van der Waals surface area contributed by atoms with Crippen LogP contribution in [0.4, 0.5) is 4.79 Å². The molecule has 6 heteroatoms. The van der Waals surface area contributed by atoms with E-state index in [2.05, 4.69) is 0 Å². The van der Waals surface area contributed by atoms with Gasteiger partial charge in [-0.3, -0.25) is 4.90 Å². The van der Waals surface area contributed by atoms with Crippen LogP contribution in [0, 0.1) is 0 Å². The zero-order valence-electron chi connectivity index (χ0n) is 11.6. The standard InChI is InChI=1S/C13H21NO5/c1-13(2,3)19-12(17)14(7-4-5-11(15)16)10-6-8-18-9-10/h4-5,10H,6-9H2,1-3H3,(H,15,16)/b5-4+/t10-/m0/s1. The summed E-state index contributed by atoms with van der Waals surface area (Å²) in [5.74, 6) is -1.04. The summed E-state index contributed by atoms with van der Waals surface area (Å²) in [6, 6.07) is -0.0618. The number of carboxylic acid groups (broad SMARTS) is 1. The van der Waals surface area contributed by atoms with E-state index in [0.717, 1.165) is 12.5 Å². The number of hydrogen-bond donors (Lipinski definition) is 1. The Hall–Kier alpha value is -1.56. The predicted octanol–water partition coefficient (Wildman–Crippen LogP) is 1.65. The van der Waals surface area contributed by atoms with Crippen molar-refractivity contribution in [3.63, 3.8) is 0 Å². The van der Waals surface area contributed by atoms with Gasteiger partial charge < -0.3 is 14.6 Å². The van der Waals surface area contributed by atoms with Crippen LogP contribution in [0.1, 0.15) is 27.2 Å². The maximum Gasteiger partial charge on any atom is 0.410 e. The van der Waals surface area contributed by atoms with Crippen molar-refractivity contribution >= 4 is 12.1 Å². The average molecular weight is 271 g/mol. The monoisotopic (exact) mass is 271 g/mol. The third-order valence-corrected chi connectivity index (χ3v) is 2.54. The number of nitrogens with zero attached hydrogens (tertiary/aromatic N) is 1. The molecule has 1 N–H and O–H groups in total. The number of hydrogen-bond acceptors (Lipinski definition) is 4. The zero-order chi connectivity index (χ0) is 14.5. The lowest BCUT2D eigenvalue weighted by Gasteiger charge is -2.30. The minimum absolute atomic E-state index is 0.0618. The third-order valence-electron chi connectivity index (χ3n) is 2.54. The van der Waals surface area contributed by atoms with Gasteiger partial charge in [-0.1, -0.05) is 6.08 Å². The highest BCUT2D eigenvalue weighted by Gasteiger charge is 2.30. The van der Waals surface area contributed by atoms with Crippen LogP contribution >= 0.6 is 0 Å². The molecule has 6 nitrogen and oxygen atoms in total. The lowest BCUT2D eigenvalue weighted by atomic mass is 10.2. The minimum Gasteiger partial charge on any atom is -0.478 e. The van der Waals surface area contributed by atoms with E-state index >= 15 is 0 Å². The van der Waals surface area contributed by atoms with Crippen LogP contribution in [0.15, 0.2) is 12.2 Å². The molecule has 1 aliphatic rings. The number of ether oxygens (including phenoxy) is 2. The SMILES string of the molecule is CC(C)(C)OC(=O)N(C/C=C/C(=O)O)[C@H]1CCOC1. The van der Waals surface area contributed by atoms with E-state index in [1.54, 1.807) is 20.8 Å². The number of carboxylic acids is 1. The fourth-order valence-electron chi connectivity index (χ4n) is 1.73. The first kappa shape index (κ1) is 15.5. The summed E-state index contributed by atoms with van der Waals surface area (Å²) in [6.07, 6.45) is 2.75. The number of carbonyl (C=O) groups is 2. The van der Waals surface area contributed by atoms with Crippen LogP contribution < -0.4 is 0 Å². The molecule has 0 bridgehead atoms. The first-order valence-corrected chi connectivity index (χ1v) is 6.26. The molecule has 0 aliphatic carbocycles. The molecule has 1 amide bonds. The van der Waals surface area contributed by atoms with Gasteiger partial charge in [-0.05, 0) is 27.2 Å². The minimum atomic E-state index is -1.04. The molecule has 0 aromatic carbocycles. The largest absolute Gasteiger partial charge is 0.478 e. The maximum absolute atomic E-state index is 12.1. The normalized spacial score (nSPS) is 19.6. The Labute approximate surface area is 113 Å². The Morgan fingerprint density at radius 3 is 2.63 bits per heavy atom. The molecular formula is C13H21NO5. The van der Waals surface area contributed by atoms with Gasteiger partial charge in [-0.25, -0.2) is 9.59 Å². The molecule has 1 saturated heterocycles. The summed E-state index contributed by atoms with van der Waals surface area (Å²) < 4.78 is 10.6. The Balaban J connectivity index is 2.68. The van der Waals surface area contributed by atoms with E-state index in [1.165, 1.54) is 11.0 Å². The second-order valence-corrected chi connectivity index (χ2v) is 5.39. The summed E-state index contributed by atoms with van der Waals surface area (Å²) in [7, 11) is 0. The number of aliphatic carboxylic acids is 1. The summed E-state index contributed by atoms with van der Waals surface area (Å²) in [4.78, 5) is 24.1. The molecule has 1 aliphatic heterocycles. The Morgan fingerprint density at radius 1 is 1.47 bits per heavy atom. The van der Waals surface area contributed by atoms with Gasteiger partial charge in [0.2, 0.25) is 0 Å². The molecule has 0 radical (unpaired) electrons. The van der Waals surface area contributed by atoms with Crippen molar-refractivity contribution < 1.29 is 24.2 Å². The molecule has 108 valence electrons. The molecule has 1 rings (SSSR count). The summed E-state index contributed by atoms with van der Waals surface area (Å²) in [6.45, 7) is 6.64. The van der Waals surface area contributed by atoms with E-state index in [0.29, 0.717) is 13.2 Å². The Morgan fingerprint density at radius 2 is 2.16 bits per heavy atom. The van der Waals surface area contributed by atoms with Gasteiger partial charge in [0, 0.05) is 19.2 Å². The third kappa shape index (κ3) is 5.74. The van der Waals surface area contributed by atoms with Crippen molar-refractivity contribution in [3.8, 4) is 0 Å². The number of amides is 1. The topological polar surface area (TPSA) is 76.1 Å². The van der Waals surface area contributed by atoms with Crippen LogP contribution in [0.25, 0.3) is 0 Å². The maximum atomic E-state index is 12.1. The highest BCUT2D eigenvalue weighted by atomic mass is 16.6. The Kier molecular flexibility index (Phi) is 5.35. The van der Waals surface area contributed by atoms with Gasteiger partial charge in [0.15, 0.2) is 0 Å². The van der Waals surface area contributed by atoms with Crippen molar-refractivity contribution in [2.24, 2.45) is 0 Å². The lowest BCUT2D eigenvalue weighted by molar-refractivity contribution is -0.131. The van der Waals surface area contributed by atoms with Gasteiger partial charge >= 0.3 is 12.1 Å². The van der Waals surface area contributed by atoms with Crippen LogP contribution in [0.3, 0.4) is 0 Å². The second kappa shape index (κ2) is 6.56. The Bertz CT molecular complexity index is 353. The van der Waals surface area contributed by atoms with Crippen molar-refractivity contribution in [1.82, 2.24) is 4.90 Å². The molecule has 0 unspecified atom stereocenters. The van der Waals surface area contributed by atoms with Gasteiger partial charge in [-0.2, -0.15) is 0 Å². The second-order valence-electron chi connectivity index (χ2n) is 5.39. The molecule has 1 atom stereocenters. The summed E-state index contributed by atoms with van der Waals surface area (Å²) in [5, 5.41) is 8.57. The first-order chi connectivity index (χ1) is 8.79. The molecule has 1 fully saturated rings. The summed E-state index contributed by atoms with van der Waals surface area (Å²) >= 11 is 0.